The molecule has 1 saturated heterocycles. The first-order valence-electron chi connectivity index (χ1n) is 6.54. The molecule has 2 rings (SSSR count). The molecular weight excluding hydrogens is 258 g/mol. The minimum absolute atomic E-state index is 0.201. The lowest BCUT2D eigenvalue weighted by Crippen LogP contribution is -2.38. The molecule has 2 N–H and O–H groups in total. The number of nitrogens with two attached hydrogens (primary N) is 1. The zero-order valence-corrected chi connectivity index (χ0v) is 12.8. The van der Waals surface area contributed by atoms with Crippen molar-refractivity contribution in [1.82, 2.24) is 4.98 Å². The van der Waals surface area contributed by atoms with Gasteiger partial charge in [-0.2, -0.15) is 0 Å². The number of hydrogen-bond acceptors (Lipinski definition) is 4. The molecule has 1 aromatic rings. The summed E-state index contributed by atoms with van der Waals surface area (Å²) < 4.78 is 5.64. The average Bonchev–Trinajstić information content (AvgIpc) is 2.72. The van der Waals surface area contributed by atoms with Crippen molar-refractivity contribution in [2.24, 2.45) is 5.73 Å². The number of nitrogens with zero attached hydrogens (tertiary/aromatic N) is 2. The highest BCUT2D eigenvalue weighted by Gasteiger charge is 2.30. The first-order chi connectivity index (χ1) is 8.91. The molecule has 0 amide bonds. The van der Waals surface area contributed by atoms with E-state index < -0.39 is 0 Å². The predicted molar refractivity (Wildman–Crippen MR) is 81.8 cm³/mol. The van der Waals surface area contributed by atoms with Crippen LogP contribution in [0.5, 0.6) is 0 Å². The molecule has 5 heteroatoms. The van der Waals surface area contributed by atoms with Crippen LogP contribution in [-0.4, -0.2) is 35.8 Å². The standard InChI is InChI=1S/C14H21N3OS/c1-8-7-9(2)16-14(12(8)13(15)19)17(4)11-5-6-18-10(11)3/h7,10-11H,5-6H2,1-4H3,(H2,15,19). The van der Waals surface area contributed by atoms with Gasteiger partial charge in [-0.15, -0.1) is 0 Å². The highest BCUT2D eigenvalue weighted by Crippen LogP contribution is 2.27. The van der Waals surface area contributed by atoms with Gasteiger partial charge in [0.05, 0.1) is 17.7 Å². The average molecular weight is 279 g/mol. The van der Waals surface area contributed by atoms with Crippen molar-refractivity contribution < 1.29 is 4.74 Å². The number of rotatable bonds is 3. The molecule has 2 unspecified atom stereocenters. The molecule has 1 aliphatic heterocycles. The first-order valence-corrected chi connectivity index (χ1v) is 6.95. The van der Waals surface area contributed by atoms with Crippen LogP contribution < -0.4 is 10.6 Å². The van der Waals surface area contributed by atoms with E-state index in [0.717, 1.165) is 35.7 Å². The Labute approximate surface area is 120 Å². The van der Waals surface area contributed by atoms with Gasteiger partial charge in [-0.3, -0.25) is 0 Å². The maximum Gasteiger partial charge on any atom is 0.139 e. The Morgan fingerprint density at radius 3 is 2.74 bits per heavy atom. The fraction of sp³-hybridized carbons (Fsp3) is 0.571. The number of aryl methyl sites for hydroxylation is 2. The molecule has 2 atom stereocenters. The van der Waals surface area contributed by atoms with Gasteiger partial charge in [-0.25, -0.2) is 4.98 Å². The molecule has 4 nitrogen and oxygen atoms in total. The van der Waals surface area contributed by atoms with Crippen molar-refractivity contribution in [2.45, 2.75) is 39.3 Å². The summed E-state index contributed by atoms with van der Waals surface area (Å²) in [7, 11) is 2.04. The molecule has 1 fully saturated rings. The lowest BCUT2D eigenvalue weighted by molar-refractivity contribution is 0.118. The third kappa shape index (κ3) is 2.72. The van der Waals surface area contributed by atoms with Crippen LogP contribution in [0.1, 0.15) is 30.2 Å². The van der Waals surface area contributed by atoms with E-state index in [-0.39, 0.29) is 6.10 Å². The molecule has 0 bridgehead atoms. The van der Waals surface area contributed by atoms with Crippen molar-refractivity contribution in [2.75, 3.05) is 18.6 Å². The predicted octanol–water partition coefficient (Wildman–Crippen LogP) is 1.95. The lowest BCUT2D eigenvalue weighted by Gasteiger charge is -2.30. The van der Waals surface area contributed by atoms with Crippen LogP contribution in [0.15, 0.2) is 6.07 Å². The third-order valence-electron chi connectivity index (χ3n) is 3.74. The van der Waals surface area contributed by atoms with Crippen molar-refractivity contribution in [3.8, 4) is 0 Å². The Kier molecular flexibility index (Phi) is 4.06. The number of anilines is 1. The van der Waals surface area contributed by atoms with Crippen LogP contribution in [0.2, 0.25) is 0 Å². The molecule has 0 saturated carbocycles. The Balaban J connectivity index is 2.45. The van der Waals surface area contributed by atoms with E-state index in [2.05, 4.69) is 16.8 Å². The zero-order chi connectivity index (χ0) is 14.2. The number of likely N-dealkylation sites (N-methyl/N-ethyl adjacent to an activating group) is 1. The molecule has 104 valence electrons. The number of ether oxygens (including phenoxy) is 1. The number of hydrogen-bond donors (Lipinski definition) is 1. The quantitative estimate of drug-likeness (QED) is 0.857. The van der Waals surface area contributed by atoms with E-state index in [1.165, 1.54) is 0 Å². The van der Waals surface area contributed by atoms with Crippen LogP contribution in [0.3, 0.4) is 0 Å². The third-order valence-corrected chi connectivity index (χ3v) is 3.94. The largest absolute Gasteiger partial charge is 0.389 e. The second-order valence-corrected chi connectivity index (χ2v) is 5.63. The Morgan fingerprint density at radius 2 is 2.21 bits per heavy atom. The maximum atomic E-state index is 5.87. The minimum Gasteiger partial charge on any atom is -0.389 e. The van der Waals surface area contributed by atoms with Gasteiger partial charge in [-0.1, -0.05) is 12.2 Å². The molecule has 0 aromatic carbocycles. The van der Waals surface area contributed by atoms with Gasteiger partial charge in [0.25, 0.3) is 0 Å². The SMILES string of the molecule is Cc1cc(C)c(C(N)=S)c(N(C)C2CCOC2C)n1. The monoisotopic (exact) mass is 279 g/mol. The Bertz CT molecular complexity index is 504. The summed E-state index contributed by atoms with van der Waals surface area (Å²) in [4.78, 5) is 7.20. The summed E-state index contributed by atoms with van der Waals surface area (Å²) in [6.45, 7) is 6.90. The molecular formula is C14H21N3OS. The van der Waals surface area contributed by atoms with Crippen molar-refractivity contribution in [3.05, 3.63) is 22.9 Å². The first kappa shape index (κ1) is 14.2. The van der Waals surface area contributed by atoms with E-state index in [1.54, 1.807) is 0 Å². The second-order valence-electron chi connectivity index (χ2n) is 5.19. The molecule has 19 heavy (non-hydrogen) atoms. The summed E-state index contributed by atoms with van der Waals surface area (Å²) in [6.07, 6.45) is 1.20. The van der Waals surface area contributed by atoms with Crippen molar-refractivity contribution >= 4 is 23.0 Å². The van der Waals surface area contributed by atoms with Gasteiger partial charge in [0.1, 0.15) is 10.8 Å². The van der Waals surface area contributed by atoms with E-state index in [9.17, 15) is 0 Å². The fourth-order valence-electron chi connectivity index (χ4n) is 2.76. The van der Waals surface area contributed by atoms with Gasteiger partial charge < -0.3 is 15.4 Å². The molecule has 1 aromatic heterocycles. The molecule has 0 spiro atoms. The smallest absolute Gasteiger partial charge is 0.139 e. The van der Waals surface area contributed by atoms with Crippen LogP contribution >= 0.6 is 12.2 Å². The fourth-order valence-corrected chi connectivity index (χ4v) is 3.02. The van der Waals surface area contributed by atoms with Gasteiger partial charge in [0.15, 0.2) is 0 Å². The number of thiocarbonyl (C=S) groups is 1. The Hall–Kier alpha value is -1.20. The minimum atomic E-state index is 0.201. The molecule has 2 heterocycles. The second kappa shape index (κ2) is 5.43. The van der Waals surface area contributed by atoms with Crippen LogP contribution in [0, 0.1) is 13.8 Å². The van der Waals surface area contributed by atoms with Gasteiger partial charge >= 0.3 is 0 Å². The molecule has 1 aliphatic rings. The van der Waals surface area contributed by atoms with E-state index in [0.29, 0.717) is 11.0 Å². The van der Waals surface area contributed by atoms with Crippen LogP contribution in [0.25, 0.3) is 0 Å². The number of pyridine rings is 1. The van der Waals surface area contributed by atoms with Gasteiger partial charge in [-0.05, 0) is 38.8 Å². The van der Waals surface area contributed by atoms with Crippen molar-refractivity contribution in [1.29, 1.82) is 0 Å². The normalized spacial score (nSPS) is 22.5. The van der Waals surface area contributed by atoms with Gasteiger partial charge in [0.2, 0.25) is 0 Å². The summed E-state index contributed by atoms with van der Waals surface area (Å²) in [6, 6.07) is 2.34. The van der Waals surface area contributed by atoms with Crippen LogP contribution in [-0.2, 0) is 4.74 Å². The van der Waals surface area contributed by atoms with E-state index in [4.69, 9.17) is 22.7 Å². The number of aromatic nitrogens is 1. The maximum absolute atomic E-state index is 5.87. The molecule has 0 radical (unpaired) electrons. The highest BCUT2D eigenvalue weighted by molar-refractivity contribution is 7.80. The van der Waals surface area contributed by atoms with Crippen LogP contribution in [0.4, 0.5) is 5.82 Å². The summed E-state index contributed by atoms with van der Waals surface area (Å²) in [5.41, 5.74) is 8.80. The van der Waals surface area contributed by atoms with E-state index in [1.807, 2.05) is 27.0 Å². The lowest BCUT2D eigenvalue weighted by atomic mass is 10.1. The summed E-state index contributed by atoms with van der Waals surface area (Å²) in [5.74, 6) is 0.868. The van der Waals surface area contributed by atoms with E-state index >= 15 is 0 Å². The highest BCUT2D eigenvalue weighted by atomic mass is 32.1. The molecule has 0 aliphatic carbocycles. The Morgan fingerprint density at radius 1 is 1.53 bits per heavy atom. The topological polar surface area (TPSA) is 51.4 Å². The van der Waals surface area contributed by atoms with Gasteiger partial charge in [0, 0.05) is 19.3 Å². The zero-order valence-electron chi connectivity index (χ0n) is 11.9. The summed E-state index contributed by atoms with van der Waals surface area (Å²) >= 11 is 5.18. The van der Waals surface area contributed by atoms with Crippen molar-refractivity contribution in [3.63, 3.8) is 0 Å². The summed E-state index contributed by atoms with van der Waals surface area (Å²) in [5, 5.41) is 0.